The maximum absolute atomic E-state index is 6.75. The molecule has 4 fully saturated rings. The third-order valence-corrected chi connectivity index (χ3v) is 8.86. The molecule has 0 aromatic heterocycles. The first kappa shape index (κ1) is 17.3. The average Bonchev–Trinajstić information content (AvgIpc) is 2.96. The van der Waals surface area contributed by atoms with E-state index in [9.17, 15) is 0 Å². The van der Waals surface area contributed by atoms with Crippen LogP contribution in [0, 0.1) is 46.8 Å². The fourth-order valence-electron chi connectivity index (χ4n) is 7.47. The molecule has 0 aromatic carbocycles. The van der Waals surface area contributed by atoms with Crippen LogP contribution in [-0.2, 0) is 9.47 Å². The minimum Gasteiger partial charge on any atom is -0.349 e. The first-order chi connectivity index (χ1) is 11.3. The molecule has 3 unspecified atom stereocenters. The highest BCUT2D eigenvalue weighted by Gasteiger charge is 2.66. The summed E-state index contributed by atoms with van der Waals surface area (Å²) in [4.78, 5) is 0. The van der Waals surface area contributed by atoms with Gasteiger partial charge in [-0.2, -0.15) is 0 Å². The second-order valence-corrected chi connectivity index (χ2v) is 10.4. The highest BCUT2D eigenvalue weighted by atomic mass is 16.7. The molecule has 0 aromatic rings. The van der Waals surface area contributed by atoms with Crippen LogP contribution >= 0.6 is 0 Å². The van der Waals surface area contributed by atoms with Gasteiger partial charge in [0.25, 0.3) is 0 Å². The predicted octanol–water partition coefficient (Wildman–Crippen LogP) is 5.51. The Bertz CT molecular complexity index is 478. The molecule has 2 aliphatic carbocycles. The van der Waals surface area contributed by atoms with Crippen LogP contribution in [0.4, 0.5) is 0 Å². The van der Waals surface area contributed by atoms with Crippen LogP contribution in [0.2, 0.25) is 0 Å². The quantitative estimate of drug-likeness (QED) is 0.629. The second-order valence-electron chi connectivity index (χ2n) is 10.4. The van der Waals surface area contributed by atoms with Gasteiger partial charge in [-0.25, -0.2) is 0 Å². The summed E-state index contributed by atoms with van der Waals surface area (Å²) in [6.45, 7) is 15.6. The van der Waals surface area contributed by atoms with Gasteiger partial charge >= 0.3 is 0 Å². The van der Waals surface area contributed by atoms with Crippen molar-refractivity contribution >= 4 is 0 Å². The molecule has 0 amide bonds. The molecule has 138 valence electrons. The fourth-order valence-corrected chi connectivity index (χ4v) is 7.47. The van der Waals surface area contributed by atoms with E-state index >= 15 is 0 Å². The van der Waals surface area contributed by atoms with E-state index in [4.69, 9.17) is 9.47 Å². The van der Waals surface area contributed by atoms with E-state index in [2.05, 4.69) is 41.5 Å². The third-order valence-electron chi connectivity index (χ3n) is 8.86. The zero-order valence-electron chi connectivity index (χ0n) is 16.7. The van der Waals surface area contributed by atoms with Gasteiger partial charge in [0.15, 0.2) is 5.79 Å². The molecule has 2 aliphatic heterocycles. The Kier molecular flexibility index (Phi) is 4.12. The summed E-state index contributed by atoms with van der Waals surface area (Å²) >= 11 is 0. The predicted molar refractivity (Wildman–Crippen MR) is 97.5 cm³/mol. The van der Waals surface area contributed by atoms with Crippen LogP contribution in [0.5, 0.6) is 0 Å². The summed E-state index contributed by atoms with van der Waals surface area (Å²) in [5, 5.41) is 0. The van der Waals surface area contributed by atoms with E-state index in [-0.39, 0.29) is 5.79 Å². The maximum atomic E-state index is 6.75. The first-order valence-corrected chi connectivity index (χ1v) is 10.6. The molecule has 24 heavy (non-hydrogen) atoms. The molecular formula is C22H38O2. The third kappa shape index (κ3) is 2.28. The van der Waals surface area contributed by atoms with Crippen molar-refractivity contribution in [2.45, 2.75) is 85.5 Å². The second kappa shape index (κ2) is 5.71. The zero-order valence-corrected chi connectivity index (χ0v) is 16.7. The Morgan fingerprint density at radius 3 is 2.42 bits per heavy atom. The molecule has 0 bridgehead atoms. The Morgan fingerprint density at radius 1 is 1.04 bits per heavy atom. The Hall–Kier alpha value is -0.0800. The Morgan fingerprint density at radius 2 is 1.79 bits per heavy atom. The minimum atomic E-state index is -0.256. The number of fused-ring (bicyclic) bond motifs is 3. The van der Waals surface area contributed by atoms with Gasteiger partial charge < -0.3 is 9.47 Å². The standard InChI is InChI=1S/C22H38O2/c1-13(2)17-8-9-21(6)18(15(17)4)11-19-20(21)16(5)22(24-19)10-7-14(3)12-23-22/h13-20H,7-12H2,1-6H3/t14-,15-,16?,17-,18+,19?,20?,21+,22-/m1/s1. The van der Waals surface area contributed by atoms with Gasteiger partial charge in [-0.15, -0.1) is 0 Å². The van der Waals surface area contributed by atoms with Crippen molar-refractivity contribution in [3.05, 3.63) is 0 Å². The van der Waals surface area contributed by atoms with Gasteiger partial charge in [0.1, 0.15) is 0 Å². The van der Waals surface area contributed by atoms with Crippen LogP contribution in [0.3, 0.4) is 0 Å². The van der Waals surface area contributed by atoms with Gasteiger partial charge in [0, 0.05) is 12.3 Å². The molecule has 2 saturated carbocycles. The van der Waals surface area contributed by atoms with Crippen molar-refractivity contribution in [2.24, 2.45) is 46.8 Å². The molecule has 2 saturated heterocycles. The van der Waals surface area contributed by atoms with E-state index in [0.717, 1.165) is 36.7 Å². The van der Waals surface area contributed by atoms with Gasteiger partial charge in [-0.05, 0) is 66.6 Å². The lowest BCUT2D eigenvalue weighted by molar-refractivity contribution is -0.272. The first-order valence-electron chi connectivity index (χ1n) is 10.6. The van der Waals surface area contributed by atoms with Crippen molar-refractivity contribution in [3.8, 4) is 0 Å². The van der Waals surface area contributed by atoms with Crippen molar-refractivity contribution in [2.75, 3.05) is 6.61 Å². The van der Waals surface area contributed by atoms with Gasteiger partial charge in [-0.1, -0.05) is 41.5 Å². The lowest BCUT2D eigenvalue weighted by atomic mass is 9.55. The lowest BCUT2D eigenvalue weighted by Gasteiger charge is -2.51. The Balaban J connectivity index is 1.58. The summed E-state index contributed by atoms with van der Waals surface area (Å²) in [5.41, 5.74) is 0.463. The van der Waals surface area contributed by atoms with Crippen molar-refractivity contribution in [1.29, 1.82) is 0 Å². The van der Waals surface area contributed by atoms with E-state index in [1.165, 1.54) is 25.7 Å². The molecule has 2 nitrogen and oxygen atoms in total. The summed E-state index contributed by atoms with van der Waals surface area (Å²) in [6, 6.07) is 0. The highest BCUT2D eigenvalue weighted by molar-refractivity contribution is 5.12. The van der Waals surface area contributed by atoms with Crippen LogP contribution < -0.4 is 0 Å². The van der Waals surface area contributed by atoms with Crippen LogP contribution in [0.25, 0.3) is 0 Å². The van der Waals surface area contributed by atoms with E-state index < -0.39 is 0 Å². The Labute approximate surface area is 149 Å². The van der Waals surface area contributed by atoms with Crippen LogP contribution in [0.1, 0.15) is 73.6 Å². The maximum Gasteiger partial charge on any atom is 0.171 e. The molecule has 2 heterocycles. The van der Waals surface area contributed by atoms with Gasteiger partial charge in [0.2, 0.25) is 0 Å². The fraction of sp³-hybridized carbons (Fsp3) is 1.00. The number of hydrogen-bond acceptors (Lipinski definition) is 2. The molecular weight excluding hydrogens is 296 g/mol. The van der Waals surface area contributed by atoms with Gasteiger partial charge in [-0.3, -0.25) is 0 Å². The van der Waals surface area contributed by atoms with Crippen LogP contribution in [0.15, 0.2) is 0 Å². The average molecular weight is 335 g/mol. The molecule has 9 atom stereocenters. The van der Waals surface area contributed by atoms with E-state index in [1.807, 2.05) is 0 Å². The number of hydrogen-bond donors (Lipinski definition) is 0. The normalized spacial score (nSPS) is 57.4. The summed E-state index contributed by atoms with van der Waals surface area (Å²) in [7, 11) is 0. The van der Waals surface area contributed by atoms with Crippen LogP contribution in [-0.4, -0.2) is 18.5 Å². The molecule has 4 aliphatic rings. The van der Waals surface area contributed by atoms with Crippen molar-refractivity contribution in [3.63, 3.8) is 0 Å². The molecule has 0 N–H and O–H groups in total. The molecule has 2 heteroatoms. The molecule has 0 radical (unpaired) electrons. The zero-order chi connectivity index (χ0) is 17.3. The van der Waals surface area contributed by atoms with Crippen molar-refractivity contribution in [1.82, 2.24) is 0 Å². The topological polar surface area (TPSA) is 18.5 Å². The van der Waals surface area contributed by atoms with E-state index in [1.54, 1.807) is 0 Å². The SMILES string of the molecule is CC(C)[C@H]1CC[C@]2(C)C3C(C[C@H]2[C@@H]1C)O[C@]1(CC[C@@H](C)CO1)C3C. The van der Waals surface area contributed by atoms with E-state index in [0.29, 0.717) is 29.3 Å². The molecule has 1 spiro atoms. The largest absolute Gasteiger partial charge is 0.349 e. The summed E-state index contributed by atoms with van der Waals surface area (Å²) < 4.78 is 13.1. The number of ether oxygens (including phenoxy) is 2. The molecule has 4 rings (SSSR count). The highest BCUT2D eigenvalue weighted by Crippen LogP contribution is 2.67. The van der Waals surface area contributed by atoms with Gasteiger partial charge in [0.05, 0.1) is 12.7 Å². The number of rotatable bonds is 1. The smallest absolute Gasteiger partial charge is 0.171 e. The summed E-state index contributed by atoms with van der Waals surface area (Å²) in [5.74, 6) is 5.09. The lowest BCUT2D eigenvalue weighted by Crippen LogP contribution is -2.48. The van der Waals surface area contributed by atoms with Crippen molar-refractivity contribution < 1.29 is 9.47 Å². The monoisotopic (exact) mass is 334 g/mol. The minimum absolute atomic E-state index is 0.256. The summed E-state index contributed by atoms with van der Waals surface area (Å²) in [6.07, 6.45) is 6.88.